The molecule has 1 saturated heterocycles. The van der Waals surface area contributed by atoms with Gasteiger partial charge >= 0.3 is 0 Å². The lowest BCUT2D eigenvalue weighted by atomic mass is 9.88. The van der Waals surface area contributed by atoms with Gasteiger partial charge in [-0.05, 0) is 24.6 Å². The Kier molecular flexibility index (Phi) is 5.56. The monoisotopic (exact) mass is 369 g/mol. The second-order valence-electron chi connectivity index (χ2n) is 7.35. The predicted octanol–water partition coefficient (Wildman–Crippen LogP) is 1.07. The van der Waals surface area contributed by atoms with Crippen molar-refractivity contribution in [2.45, 2.75) is 19.4 Å². The number of carbonyl (C=O) groups excluding carboxylic acids is 3. The van der Waals surface area contributed by atoms with Crippen molar-refractivity contribution < 1.29 is 23.7 Å². The molecule has 2 aromatic rings. The molecule has 0 aliphatic carbocycles. The minimum absolute atomic E-state index is 0.109. The quantitative estimate of drug-likeness (QED) is 0.450. The summed E-state index contributed by atoms with van der Waals surface area (Å²) in [4.78, 5) is 41.2. The van der Waals surface area contributed by atoms with Gasteiger partial charge in [-0.25, -0.2) is 0 Å². The summed E-state index contributed by atoms with van der Waals surface area (Å²) in [7, 11) is 4.08. The van der Waals surface area contributed by atoms with Crippen molar-refractivity contribution in [3.8, 4) is 0 Å². The maximum Gasteiger partial charge on any atom is 0.291 e. The van der Waals surface area contributed by atoms with Crippen LogP contribution in [0.25, 0.3) is 0 Å². The summed E-state index contributed by atoms with van der Waals surface area (Å²) in [6.45, 7) is 3.28. The number of hydrogen-bond acceptors (Lipinski definition) is 4. The molecule has 1 aliphatic rings. The number of ketones is 2. The van der Waals surface area contributed by atoms with Gasteiger partial charge in [-0.2, -0.15) is 0 Å². The van der Waals surface area contributed by atoms with E-state index in [9.17, 15) is 14.4 Å². The van der Waals surface area contributed by atoms with Crippen molar-refractivity contribution in [3.63, 3.8) is 0 Å². The molecule has 0 spiro atoms. The van der Waals surface area contributed by atoms with Crippen molar-refractivity contribution in [3.05, 3.63) is 59.5 Å². The van der Waals surface area contributed by atoms with E-state index in [1.807, 2.05) is 45.3 Å². The first-order chi connectivity index (χ1) is 12.9. The van der Waals surface area contributed by atoms with Crippen molar-refractivity contribution in [2.75, 3.05) is 27.2 Å². The van der Waals surface area contributed by atoms with Crippen LogP contribution in [0.15, 0.2) is 47.1 Å². The first-order valence-electron chi connectivity index (χ1n) is 9.18. The van der Waals surface area contributed by atoms with E-state index in [0.29, 0.717) is 6.54 Å². The molecule has 3 rings (SSSR count). The van der Waals surface area contributed by atoms with Crippen LogP contribution in [0.2, 0.25) is 0 Å². The summed E-state index contributed by atoms with van der Waals surface area (Å²) in [5.74, 6) is -2.64. The third-order valence-electron chi connectivity index (χ3n) is 4.95. The Balaban J connectivity index is 1.96. The van der Waals surface area contributed by atoms with E-state index in [0.717, 1.165) is 24.1 Å². The van der Waals surface area contributed by atoms with E-state index in [2.05, 4.69) is 0 Å². The minimum atomic E-state index is -1.07. The maximum absolute atomic E-state index is 12.9. The van der Waals surface area contributed by atoms with Crippen LogP contribution in [0.4, 0.5) is 0 Å². The molecule has 1 aromatic heterocycles. The molecule has 0 bridgehead atoms. The molecule has 27 heavy (non-hydrogen) atoms. The molecule has 1 amide bonds. The molecule has 1 fully saturated rings. The van der Waals surface area contributed by atoms with Crippen LogP contribution in [0.5, 0.6) is 0 Å². The van der Waals surface area contributed by atoms with Gasteiger partial charge in [0.1, 0.15) is 5.92 Å². The van der Waals surface area contributed by atoms with E-state index in [-0.39, 0.29) is 5.76 Å². The van der Waals surface area contributed by atoms with Crippen LogP contribution < -0.4 is 4.90 Å². The molecule has 6 nitrogen and oxygen atoms in total. The lowest BCUT2D eigenvalue weighted by Gasteiger charge is -2.27. The number of nitrogens with zero attached hydrogens (tertiary/aromatic N) is 1. The minimum Gasteiger partial charge on any atom is -0.461 e. The topological polar surface area (TPSA) is 72.0 Å². The Morgan fingerprint density at radius 3 is 2.44 bits per heavy atom. The number of Topliss-reactive ketones (excluding diaryl/α,β-unsaturated/α-hetero) is 2. The van der Waals surface area contributed by atoms with Gasteiger partial charge in [0.25, 0.3) is 5.91 Å². The van der Waals surface area contributed by atoms with Crippen LogP contribution in [0.1, 0.15) is 34.1 Å². The molecule has 1 aromatic carbocycles. The number of quaternary nitrogens is 1. The molecule has 0 radical (unpaired) electrons. The second kappa shape index (κ2) is 7.88. The summed E-state index contributed by atoms with van der Waals surface area (Å²) >= 11 is 0. The average molecular weight is 369 g/mol. The number of furan rings is 1. The highest BCUT2D eigenvalue weighted by Gasteiger charge is 2.52. The van der Waals surface area contributed by atoms with Crippen LogP contribution in [-0.2, 0) is 9.59 Å². The Hall–Kier alpha value is -2.73. The van der Waals surface area contributed by atoms with Crippen molar-refractivity contribution in [1.29, 1.82) is 0 Å². The highest BCUT2D eigenvalue weighted by molar-refractivity contribution is 6.43. The molecule has 1 N–H and O–H groups in total. The van der Waals surface area contributed by atoms with Gasteiger partial charge < -0.3 is 14.2 Å². The molecule has 142 valence electrons. The standard InChI is InChI=1S/C21H24N2O4/c1-14-7-9-15(10-8-14)18-17(19(24)16-6-4-13-27-16)20(25)21(26)23(18)12-5-11-22(2)3/h4,6-10,13,17-18H,5,11-12H2,1-3H3/p+1. The van der Waals surface area contributed by atoms with Crippen LogP contribution >= 0.6 is 0 Å². The number of amides is 1. The Labute approximate surface area is 158 Å². The molecule has 0 saturated carbocycles. The zero-order chi connectivity index (χ0) is 19.6. The fourth-order valence-electron chi connectivity index (χ4n) is 3.54. The third-order valence-corrected chi connectivity index (χ3v) is 4.95. The first-order valence-corrected chi connectivity index (χ1v) is 9.18. The number of hydrogen-bond donors (Lipinski definition) is 1. The molecular weight excluding hydrogens is 344 g/mol. The summed E-state index contributed by atoms with van der Waals surface area (Å²) in [5, 5.41) is 0. The van der Waals surface area contributed by atoms with Gasteiger partial charge in [0.15, 0.2) is 5.76 Å². The Morgan fingerprint density at radius 2 is 1.85 bits per heavy atom. The third kappa shape index (κ3) is 3.85. The van der Waals surface area contributed by atoms with E-state index < -0.39 is 29.4 Å². The largest absolute Gasteiger partial charge is 0.461 e. The fraction of sp³-hybridized carbons (Fsp3) is 0.381. The van der Waals surface area contributed by atoms with E-state index in [4.69, 9.17) is 4.42 Å². The fourth-order valence-corrected chi connectivity index (χ4v) is 3.54. The van der Waals surface area contributed by atoms with Gasteiger partial charge in [0, 0.05) is 13.0 Å². The number of nitrogens with one attached hydrogen (secondary N) is 1. The van der Waals surface area contributed by atoms with E-state index in [1.165, 1.54) is 17.2 Å². The van der Waals surface area contributed by atoms with Gasteiger partial charge in [-0.3, -0.25) is 14.4 Å². The lowest BCUT2D eigenvalue weighted by molar-refractivity contribution is -0.858. The Morgan fingerprint density at radius 1 is 1.15 bits per heavy atom. The van der Waals surface area contributed by atoms with Crippen molar-refractivity contribution >= 4 is 17.5 Å². The van der Waals surface area contributed by atoms with Gasteiger partial charge in [0.05, 0.1) is 32.9 Å². The van der Waals surface area contributed by atoms with Crippen LogP contribution in [-0.4, -0.2) is 49.6 Å². The zero-order valence-electron chi connectivity index (χ0n) is 15.9. The zero-order valence-corrected chi connectivity index (χ0v) is 15.9. The molecule has 2 unspecified atom stereocenters. The van der Waals surface area contributed by atoms with Gasteiger partial charge in [-0.1, -0.05) is 29.8 Å². The molecule has 2 atom stereocenters. The SMILES string of the molecule is Cc1ccc(C2C(C(=O)c3ccco3)C(=O)C(=O)N2CCC[NH+](C)C)cc1. The second-order valence-corrected chi connectivity index (χ2v) is 7.35. The number of likely N-dealkylation sites (tertiary alicyclic amines) is 1. The average Bonchev–Trinajstić information content (AvgIpc) is 3.25. The highest BCUT2D eigenvalue weighted by Crippen LogP contribution is 2.38. The molecule has 2 heterocycles. The van der Waals surface area contributed by atoms with Crippen molar-refractivity contribution in [1.82, 2.24) is 4.90 Å². The lowest BCUT2D eigenvalue weighted by Crippen LogP contribution is -3.05. The molecule has 6 heteroatoms. The number of benzene rings is 1. The van der Waals surface area contributed by atoms with Crippen molar-refractivity contribution in [2.24, 2.45) is 5.92 Å². The Bertz CT molecular complexity index is 824. The van der Waals surface area contributed by atoms with Crippen LogP contribution in [0.3, 0.4) is 0 Å². The molecular formula is C21H25N2O4+. The van der Waals surface area contributed by atoms with Crippen LogP contribution in [0, 0.1) is 12.8 Å². The number of rotatable bonds is 7. The summed E-state index contributed by atoms with van der Waals surface area (Å²) in [5.41, 5.74) is 1.87. The van der Waals surface area contributed by atoms with E-state index in [1.54, 1.807) is 11.0 Å². The summed E-state index contributed by atoms with van der Waals surface area (Å²) < 4.78 is 5.21. The molecule has 1 aliphatic heterocycles. The first kappa shape index (κ1) is 19.0. The summed E-state index contributed by atoms with van der Waals surface area (Å²) in [6.07, 6.45) is 2.15. The predicted molar refractivity (Wildman–Crippen MR) is 99.5 cm³/mol. The summed E-state index contributed by atoms with van der Waals surface area (Å²) in [6, 6.07) is 10.2. The van der Waals surface area contributed by atoms with Gasteiger partial charge in [0.2, 0.25) is 11.6 Å². The number of aryl methyl sites for hydroxylation is 1. The van der Waals surface area contributed by atoms with E-state index >= 15 is 0 Å². The maximum atomic E-state index is 12.9. The smallest absolute Gasteiger partial charge is 0.291 e. The highest BCUT2D eigenvalue weighted by atomic mass is 16.3. The number of carbonyl (C=O) groups is 3. The van der Waals surface area contributed by atoms with Gasteiger partial charge in [-0.15, -0.1) is 0 Å². The normalized spacial score (nSPS) is 19.9.